The first-order valence-electron chi connectivity index (χ1n) is 15.4. The highest BCUT2D eigenvalue weighted by atomic mass is 19.4. The number of alkyl halides is 6. The zero-order valence-electron chi connectivity index (χ0n) is 26.6. The zero-order valence-corrected chi connectivity index (χ0v) is 26.6. The lowest BCUT2D eigenvalue weighted by atomic mass is 10.1. The Labute approximate surface area is 286 Å². The molecule has 1 heterocycles. The average Bonchev–Trinajstić information content (AvgIpc) is 3.45. The van der Waals surface area contributed by atoms with E-state index in [1.807, 2.05) is 0 Å². The van der Waals surface area contributed by atoms with E-state index in [9.17, 15) is 35.9 Å². The van der Waals surface area contributed by atoms with Gasteiger partial charge in [0.15, 0.2) is 5.96 Å². The van der Waals surface area contributed by atoms with E-state index in [4.69, 9.17) is 26.6 Å². The first kappa shape index (κ1) is 36.2. The molecule has 2 amide bonds. The molecule has 0 fully saturated rings. The van der Waals surface area contributed by atoms with Crippen LogP contribution in [0.25, 0.3) is 22.4 Å². The quantitative estimate of drug-likeness (QED) is 0.0416. The molecule has 51 heavy (non-hydrogen) atoms. The lowest BCUT2D eigenvalue weighted by Gasteiger charge is -2.20. The van der Waals surface area contributed by atoms with Gasteiger partial charge in [-0.1, -0.05) is 30.3 Å². The fraction of sp³-hybridized carbons (Fsp3) is 0.200. The van der Waals surface area contributed by atoms with Gasteiger partial charge in [0.1, 0.15) is 23.4 Å². The van der Waals surface area contributed by atoms with Crippen LogP contribution in [0.15, 0.2) is 91.0 Å². The van der Waals surface area contributed by atoms with Crippen molar-refractivity contribution in [3.8, 4) is 22.9 Å². The van der Waals surface area contributed by atoms with Crippen LogP contribution < -0.4 is 26.8 Å². The summed E-state index contributed by atoms with van der Waals surface area (Å²) < 4.78 is 86.7. The van der Waals surface area contributed by atoms with Crippen LogP contribution in [0.1, 0.15) is 45.9 Å². The van der Waals surface area contributed by atoms with Gasteiger partial charge < -0.3 is 31.4 Å². The summed E-state index contributed by atoms with van der Waals surface area (Å²) in [6, 6.07) is 18.7. The number of hydrogen-bond acceptors (Lipinski definition) is 5. The molecular formula is C35H31F6N7O3. The van der Waals surface area contributed by atoms with E-state index in [-0.39, 0.29) is 59.4 Å². The number of nitrogens with one attached hydrogen (secondary N) is 3. The molecule has 0 radical (unpaired) electrons. The molecule has 1 atom stereocenters. The second-order valence-electron chi connectivity index (χ2n) is 11.4. The van der Waals surface area contributed by atoms with Gasteiger partial charge in [-0.15, -0.1) is 0 Å². The van der Waals surface area contributed by atoms with E-state index in [1.165, 1.54) is 48.5 Å². The van der Waals surface area contributed by atoms with Gasteiger partial charge in [0.25, 0.3) is 5.91 Å². The fourth-order valence-corrected chi connectivity index (χ4v) is 5.39. The van der Waals surface area contributed by atoms with Crippen molar-refractivity contribution in [1.82, 2.24) is 20.2 Å². The van der Waals surface area contributed by atoms with Crippen molar-refractivity contribution in [2.45, 2.75) is 37.8 Å². The summed E-state index contributed by atoms with van der Waals surface area (Å²) in [5.74, 6) is -1.23. The standard InChI is InChI=1S/C35H31F6N7O3/c36-34(37,38)23-7-1-5-20(15-23)19-46-32(50)22-12-13-28-27(17-22)47-31(48(28)29(30(42)49)11-4-14-45-33(43)44)21-6-2-9-25(16-21)51-26-10-3-8-24(18-26)35(39,40)41/h1-3,5-10,12-13,15-18,29H,4,11,14,19H2,(H2,42,49)(H,46,50)(H4,43,44,45)/t29-/m0/s1. The normalized spacial score (nSPS) is 12.4. The summed E-state index contributed by atoms with van der Waals surface area (Å²) in [4.78, 5) is 30.7. The molecule has 4 aromatic carbocycles. The summed E-state index contributed by atoms with van der Waals surface area (Å²) >= 11 is 0. The molecule has 5 rings (SSSR count). The Balaban J connectivity index is 1.50. The first-order chi connectivity index (χ1) is 24.1. The van der Waals surface area contributed by atoms with E-state index in [2.05, 4.69) is 10.6 Å². The average molecular weight is 712 g/mol. The number of rotatable bonds is 12. The Hall–Kier alpha value is -6.06. The maximum absolute atomic E-state index is 13.3. The highest BCUT2D eigenvalue weighted by molar-refractivity contribution is 5.98. The third kappa shape index (κ3) is 8.95. The maximum Gasteiger partial charge on any atom is 0.416 e. The van der Waals surface area contributed by atoms with Gasteiger partial charge in [-0.05, 0) is 79.1 Å². The van der Waals surface area contributed by atoms with Gasteiger partial charge in [0, 0.05) is 24.2 Å². The lowest BCUT2D eigenvalue weighted by Crippen LogP contribution is -2.32. The van der Waals surface area contributed by atoms with Crippen LogP contribution in [0.5, 0.6) is 11.5 Å². The number of amides is 2. The Kier molecular flexibility index (Phi) is 10.5. The molecule has 0 saturated carbocycles. The third-order valence-corrected chi connectivity index (χ3v) is 7.76. The maximum atomic E-state index is 13.3. The van der Waals surface area contributed by atoms with Gasteiger partial charge in [0.05, 0.1) is 22.2 Å². The Morgan fingerprint density at radius 1 is 0.824 bits per heavy atom. The largest absolute Gasteiger partial charge is 0.457 e. The highest BCUT2D eigenvalue weighted by Gasteiger charge is 2.31. The molecule has 1 aromatic heterocycles. The monoisotopic (exact) mass is 711 g/mol. The van der Waals surface area contributed by atoms with E-state index < -0.39 is 41.3 Å². The van der Waals surface area contributed by atoms with Crippen LogP contribution in [0.3, 0.4) is 0 Å². The first-order valence-corrected chi connectivity index (χ1v) is 15.4. The summed E-state index contributed by atoms with van der Waals surface area (Å²) in [7, 11) is 0. The molecule has 0 aliphatic rings. The van der Waals surface area contributed by atoms with Gasteiger partial charge in [-0.2, -0.15) is 26.3 Å². The van der Waals surface area contributed by atoms with Crippen molar-refractivity contribution in [1.29, 1.82) is 5.41 Å². The number of hydrogen-bond donors (Lipinski definition) is 5. The topological polar surface area (TPSA) is 161 Å². The van der Waals surface area contributed by atoms with Crippen LogP contribution in [0, 0.1) is 5.41 Å². The van der Waals surface area contributed by atoms with E-state index in [1.54, 1.807) is 22.8 Å². The molecule has 16 heteroatoms. The molecule has 0 aliphatic heterocycles. The van der Waals surface area contributed by atoms with Crippen molar-refractivity contribution < 1.29 is 40.7 Å². The molecule has 7 N–H and O–H groups in total. The Morgan fingerprint density at radius 3 is 2.14 bits per heavy atom. The number of aromatic nitrogens is 2. The lowest BCUT2D eigenvalue weighted by molar-refractivity contribution is -0.138. The number of carbonyl (C=O) groups excluding carboxylic acids is 2. The van der Waals surface area contributed by atoms with Gasteiger partial charge >= 0.3 is 12.4 Å². The minimum Gasteiger partial charge on any atom is -0.457 e. The smallest absolute Gasteiger partial charge is 0.416 e. The number of primary amides is 1. The highest BCUT2D eigenvalue weighted by Crippen LogP contribution is 2.36. The summed E-state index contributed by atoms with van der Waals surface area (Å²) in [6.45, 7) is 0.0782. The van der Waals surface area contributed by atoms with Gasteiger partial charge in [0.2, 0.25) is 5.91 Å². The summed E-state index contributed by atoms with van der Waals surface area (Å²) in [5.41, 5.74) is 11.0. The minimum atomic E-state index is -4.58. The van der Waals surface area contributed by atoms with E-state index >= 15 is 0 Å². The van der Waals surface area contributed by atoms with Crippen molar-refractivity contribution in [2.75, 3.05) is 6.54 Å². The van der Waals surface area contributed by atoms with Crippen molar-refractivity contribution in [3.05, 3.63) is 113 Å². The Morgan fingerprint density at radius 2 is 1.47 bits per heavy atom. The molecule has 0 bridgehead atoms. The van der Waals surface area contributed by atoms with Crippen LogP contribution in [-0.2, 0) is 23.7 Å². The second-order valence-corrected chi connectivity index (χ2v) is 11.4. The molecule has 0 saturated heterocycles. The van der Waals surface area contributed by atoms with Gasteiger partial charge in [-0.25, -0.2) is 4.98 Å². The van der Waals surface area contributed by atoms with Crippen LogP contribution in [0.2, 0.25) is 0 Å². The fourth-order valence-electron chi connectivity index (χ4n) is 5.39. The zero-order chi connectivity index (χ0) is 36.9. The van der Waals surface area contributed by atoms with Crippen LogP contribution in [0.4, 0.5) is 26.3 Å². The molecule has 5 aromatic rings. The van der Waals surface area contributed by atoms with E-state index in [0.29, 0.717) is 17.5 Å². The van der Waals surface area contributed by atoms with Crippen LogP contribution >= 0.6 is 0 Å². The second kappa shape index (κ2) is 14.8. The molecule has 10 nitrogen and oxygen atoms in total. The number of ether oxygens (including phenoxy) is 1. The minimum absolute atomic E-state index is 0.0655. The predicted octanol–water partition coefficient (Wildman–Crippen LogP) is 6.75. The molecular weight excluding hydrogens is 680 g/mol. The van der Waals surface area contributed by atoms with E-state index in [0.717, 1.165) is 24.3 Å². The molecule has 266 valence electrons. The number of guanidine groups is 1. The third-order valence-electron chi connectivity index (χ3n) is 7.76. The summed E-state index contributed by atoms with van der Waals surface area (Å²) in [5, 5.41) is 12.6. The van der Waals surface area contributed by atoms with Crippen molar-refractivity contribution in [2.24, 2.45) is 11.5 Å². The van der Waals surface area contributed by atoms with Crippen LogP contribution in [-0.4, -0.2) is 33.9 Å². The number of fused-ring (bicyclic) bond motifs is 1. The molecule has 0 aliphatic carbocycles. The number of benzene rings is 4. The number of halogens is 6. The number of imidazole rings is 1. The SMILES string of the molecule is N=C(N)NCCC[C@@H](C(N)=O)n1c(-c2cccc(Oc3cccc(C(F)(F)F)c3)c2)nc2cc(C(=O)NCc3cccc(C(F)(F)F)c3)ccc21. The number of nitrogens with zero attached hydrogens (tertiary/aromatic N) is 2. The number of nitrogens with two attached hydrogens (primary N) is 2. The van der Waals surface area contributed by atoms with Gasteiger partial charge in [-0.3, -0.25) is 15.0 Å². The summed E-state index contributed by atoms with van der Waals surface area (Å²) in [6.07, 6.45) is -8.57. The number of carbonyl (C=O) groups is 2. The Bertz CT molecular complexity index is 2080. The molecule has 0 unspecified atom stereocenters. The predicted molar refractivity (Wildman–Crippen MR) is 177 cm³/mol. The van der Waals surface area contributed by atoms with Crippen molar-refractivity contribution in [3.63, 3.8) is 0 Å². The van der Waals surface area contributed by atoms with Crippen molar-refractivity contribution >= 4 is 28.8 Å². The molecule has 0 spiro atoms.